The molecule has 0 unspecified atom stereocenters. The van der Waals surface area contributed by atoms with Gasteiger partial charge in [0.2, 0.25) is 0 Å². The maximum absolute atomic E-state index is 9.52. The van der Waals surface area contributed by atoms with Gasteiger partial charge in [0, 0.05) is 11.1 Å². The first-order valence-electron chi connectivity index (χ1n) is 6.13. The number of nitrogens with zero attached hydrogens (tertiary/aromatic N) is 1. The third-order valence-corrected chi connectivity index (χ3v) is 4.38. The van der Waals surface area contributed by atoms with Gasteiger partial charge in [-0.3, -0.25) is 0 Å². The van der Waals surface area contributed by atoms with E-state index in [2.05, 4.69) is 4.98 Å². The van der Waals surface area contributed by atoms with Crippen LogP contribution in [-0.4, -0.2) is 35.0 Å². The lowest BCUT2D eigenvalue weighted by atomic mass is 9.78. The molecule has 0 aliphatic carbocycles. The molecular formula is C12H19BN2O3S. The maximum Gasteiger partial charge on any atom is 0.492 e. The summed E-state index contributed by atoms with van der Waals surface area (Å²) in [5.41, 5.74) is 5.42. The van der Waals surface area contributed by atoms with Crippen LogP contribution in [0.15, 0.2) is 11.7 Å². The van der Waals surface area contributed by atoms with Crippen molar-refractivity contribution in [3.05, 3.63) is 16.5 Å². The number of aliphatic hydroxyl groups excluding tert-OH is 1. The number of thiazole rings is 1. The molecule has 1 fully saturated rings. The fourth-order valence-electron chi connectivity index (χ4n) is 1.73. The van der Waals surface area contributed by atoms with Crippen LogP contribution in [0.1, 0.15) is 32.6 Å². The van der Waals surface area contributed by atoms with Gasteiger partial charge in [0.25, 0.3) is 0 Å². The third kappa shape index (κ3) is 2.84. The zero-order valence-corrected chi connectivity index (χ0v) is 12.5. The minimum absolute atomic E-state index is 0.130. The van der Waals surface area contributed by atoms with Crippen molar-refractivity contribution in [2.75, 3.05) is 12.3 Å². The van der Waals surface area contributed by atoms with E-state index in [1.165, 1.54) is 11.3 Å². The summed E-state index contributed by atoms with van der Waals surface area (Å²) in [6.07, 6.45) is 3.48. The quantitative estimate of drug-likeness (QED) is 0.826. The van der Waals surface area contributed by atoms with Crippen LogP contribution in [0.4, 0.5) is 5.13 Å². The molecule has 0 aromatic carbocycles. The van der Waals surface area contributed by atoms with Gasteiger partial charge in [-0.05, 0) is 39.2 Å². The van der Waals surface area contributed by atoms with Gasteiger partial charge in [0.1, 0.15) is 0 Å². The van der Waals surface area contributed by atoms with Crippen molar-refractivity contribution in [3.63, 3.8) is 0 Å². The first kappa shape index (κ1) is 14.5. The Balaban J connectivity index is 2.23. The lowest BCUT2D eigenvalue weighted by molar-refractivity contribution is 0.00578. The summed E-state index contributed by atoms with van der Waals surface area (Å²) in [7, 11) is -0.543. The van der Waals surface area contributed by atoms with Crippen LogP contribution >= 0.6 is 11.3 Å². The Hall–Kier alpha value is -0.885. The Labute approximate surface area is 117 Å². The molecule has 0 atom stereocenters. The fraction of sp³-hybridized carbons (Fsp3) is 0.583. The lowest BCUT2D eigenvalue weighted by Gasteiger charge is -2.32. The van der Waals surface area contributed by atoms with Crippen molar-refractivity contribution in [1.82, 2.24) is 4.98 Å². The zero-order chi connectivity index (χ0) is 14.3. The average molecular weight is 282 g/mol. The van der Waals surface area contributed by atoms with Crippen LogP contribution < -0.4 is 5.73 Å². The zero-order valence-electron chi connectivity index (χ0n) is 11.6. The van der Waals surface area contributed by atoms with Gasteiger partial charge >= 0.3 is 7.12 Å². The average Bonchev–Trinajstić information content (AvgIpc) is 2.78. The van der Waals surface area contributed by atoms with Crippen molar-refractivity contribution >= 4 is 29.7 Å². The molecule has 7 heteroatoms. The highest BCUT2D eigenvalue weighted by Crippen LogP contribution is 2.38. The van der Waals surface area contributed by atoms with Crippen molar-refractivity contribution in [2.24, 2.45) is 0 Å². The Morgan fingerprint density at radius 3 is 2.42 bits per heavy atom. The molecule has 0 amide bonds. The van der Waals surface area contributed by atoms with E-state index in [1.54, 1.807) is 6.20 Å². The van der Waals surface area contributed by atoms with Crippen LogP contribution in [0.5, 0.6) is 0 Å². The maximum atomic E-state index is 9.52. The molecule has 1 aliphatic heterocycles. The van der Waals surface area contributed by atoms with E-state index >= 15 is 0 Å². The molecule has 0 radical (unpaired) electrons. The van der Waals surface area contributed by atoms with Gasteiger partial charge in [-0.15, -0.1) is 0 Å². The minimum atomic E-state index is -0.543. The van der Waals surface area contributed by atoms with Gasteiger partial charge in [-0.2, -0.15) is 0 Å². The summed E-state index contributed by atoms with van der Waals surface area (Å²) in [4.78, 5) is 4.85. The summed E-state index contributed by atoms with van der Waals surface area (Å²) in [5.74, 6) is 0. The number of hydrogen-bond donors (Lipinski definition) is 2. The normalized spacial score (nSPS) is 21.9. The van der Waals surface area contributed by atoms with E-state index in [1.807, 2.05) is 33.8 Å². The van der Waals surface area contributed by atoms with Crippen LogP contribution in [0.2, 0.25) is 0 Å². The fourth-order valence-corrected chi connectivity index (χ4v) is 2.40. The number of aliphatic hydroxyl groups is 1. The van der Waals surface area contributed by atoms with Gasteiger partial charge in [0.05, 0.1) is 17.8 Å². The molecule has 2 rings (SSSR count). The van der Waals surface area contributed by atoms with E-state index in [4.69, 9.17) is 15.0 Å². The number of rotatable bonds is 3. The Kier molecular flexibility index (Phi) is 3.75. The molecule has 0 spiro atoms. The predicted molar refractivity (Wildman–Crippen MR) is 77.7 cm³/mol. The van der Waals surface area contributed by atoms with Gasteiger partial charge in [0.15, 0.2) is 5.13 Å². The first-order chi connectivity index (χ1) is 8.75. The molecule has 1 saturated heterocycles. The standard InChI is InChI=1S/C12H19BN2O3S/c1-11(2)12(3,4)18-13(17-11)8(7-16)5-9-6-15-10(14)19-9/h5-6,16H,7H2,1-4H3,(H2,14,15). The van der Waals surface area contributed by atoms with Crippen LogP contribution in [0, 0.1) is 0 Å². The second-order valence-corrected chi connectivity index (χ2v) is 6.66. The highest BCUT2D eigenvalue weighted by atomic mass is 32.1. The highest BCUT2D eigenvalue weighted by Gasteiger charge is 2.52. The smallest absolute Gasteiger partial charge is 0.400 e. The highest BCUT2D eigenvalue weighted by molar-refractivity contribution is 7.16. The SMILES string of the molecule is CC1(C)OB(C(=Cc2cnc(N)s2)CO)OC1(C)C. The van der Waals surface area contributed by atoms with Crippen LogP contribution in [0.3, 0.4) is 0 Å². The molecule has 1 aromatic heterocycles. The summed E-state index contributed by atoms with van der Waals surface area (Å²) in [6, 6.07) is 0. The molecule has 1 aromatic rings. The van der Waals surface area contributed by atoms with Gasteiger partial charge in [-0.1, -0.05) is 11.3 Å². The Morgan fingerprint density at radius 1 is 1.42 bits per heavy atom. The first-order valence-corrected chi connectivity index (χ1v) is 6.95. The summed E-state index contributed by atoms with van der Waals surface area (Å²) in [6.45, 7) is 7.79. The Bertz CT molecular complexity index is 483. The van der Waals surface area contributed by atoms with Crippen LogP contribution in [-0.2, 0) is 9.31 Å². The molecule has 2 heterocycles. The van der Waals surface area contributed by atoms with Crippen molar-refractivity contribution in [1.29, 1.82) is 0 Å². The minimum Gasteiger partial charge on any atom is -0.400 e. The molecule has 5 nitrogen and oxygen atoms in total. The largest absolute Gasteiger partial charge is 0.492 e. The van der Waals surface area contributed by atoms with E-state index in [0.717, 1.165) is 4.88 Å². The van der Waals surface area contributed by atoms with E-state index < -0.39 is 18.3 Å². The van der Waals surface area contributed by atoms with E-state index in [-0.39, 0.29) is 6.61 Å². The second-order valence-electron chi connectivity index (χ2n) is 5.57. The van der Waals surface area contributed by atoms with Crippen LogP contribution in [0.25, 0.3) is 6.08 Å². The monoisotopic (exact) mass is 282 g/mol. The van der Waals surface area contributed by atoms with Crippen molar-refractivity contribution in [2.45, 2.75) is 38.9 Å². The molecule has 0 bridgehead atoms. The van der Waals surface area contributed by atoms with Gasteiger partial charge in [-0.25, -0.2) is 4.98 Å². The summed E-state index contributed by atoms with van der Waals surface area (Å²) in [5, 5.41) is 10.0. The van der Waals surface area contributed by atoms with Crippen molar-refractivity contribution in [3.8, 4) is 0 Å². The van der Waals surface area contributed by atoms with Crippen molar-refractivity contribution < 1.29 is 14.4 Å². The predicted octanol–water partition coefficient (Wildman–Crippen LogP) is 1.73. The number of nitrogen functional groups attached to an aromatic ring is 1. The number of aromatic nitrogens is 1. The second kappa shape index (κ2) is 4.90. The Morgan fingerprint density at radius 2 is 2.00 bits per heavy atom. The molecule has 3 N–H and O–H groups in total. The summed E-state index contributed by atoms with van der Waals surface area (Å²) < 4.78 is 11.8. The molecular weight excluding hydrogens is 263 g/mol. The molecule has 19 heavy (non-hydrogen) atoms. The van der Waals surface area contributed by atoms with E-state index in [0.29, 0.717) is 10.6 Å². The van der Waals surface area contributed by atoms with Gasteiger partial charge < -0.3 is 20.1 Å². The number of nitrogens with two attached hydrogens (primary N) is 1. The number of anilines is 1. The summed E-state index contributed by atoms with van der Waals surface area (Å²) >= 11 is 1.36. The number of hydrogen-bond acceptors (Lipinski definition) is 6. The molecule has 0 saturated carbocycles. The molecule has 1 aliphatic rings. The lowest BCUT2D eigenvalue weighted by Crippen LogP contribution is -2.41. The molecule has 104 valence electrons. The topological polar surface area (TPSA) is 77.6 Å². The third-order valence-electron chi connectivity index (χ3n) is 3.61. The van der Waals surface area contributed by atoms with E-state index in [9.17, 15) is 5.11 Å².